The monoisotopic (exact) mass is 308 g/mol. The maximum absolute atomic E-state index is 12.5. The summed E-state index contributed by atoms with van der Waals surface area (Å²) in [6.45, 7) is 5.79. The van der Waals surface area contributed by atoms with Crippen molar-refractivity contribution in [3.63, 3.8) is 0 Å². The van der Waals surface area contributed by atoms with Crippen LogP contribution in [0.25, 0.3) is 0 Å². The highest BCUT2D eigenvalue weighted by Gasteiger charge is 2.20. The molecule has 2 amide bonds. The third-order valence-corrected chi connectivity index (χ3v) is 3.52. The van der Waals surface area contributed by atoms with Gasteiger partial charge in [0.1, 0.15) is 11.5 Å². The van der Waals surface area contributed by atoms with Crippen LogP contribution in [0.3, 0.4) is 0 Å². The third kappa shape index (κ3) is 5.21. The Hall–Kier alpha value is -1.84. The highest BCUT2D eigenvalue weighted by molar-refractivity contribution is 7.12. The van der Waals surface area contributed by atoms with Crippen molar-refractivity contribution in [1.29, 1.82) is 0 Å². The summed E-state index contributed by atoms with van der Waals surface area (Å²) in [5, 5.41) is 13.3. The van der Waals surface area contributed by atoms with Crippen molar-refractivity contribution in [3.05, 3.63) is 21.9 Å². The standard InChI is InChI=1S/C15H20N2O3S/c1-4-17(10-13(19)16-11(2)3)15(20)14-12(6-5-8-18)7-9-21-14/h7,9,11,18H,4,8,10H2,1-3H3,(H,16,19). The number of carbonyl (C=O) groups excluding carboxylic acids is 2. The molecule has 0 atom stereocenters. The molecule has 0 radical (unpaired) electrons. The lowest BCUT2D eigenvalue weighted by molar-refractivity contribution is -0.122. The maximum Gasteiger partial charge on any atom is 0.265 e. The normalized spacial score (nSPS) is 9.95. The molecule has 1 heterocycles. The average molecular weight is 308 g/mol. The molecule has 0 unspecified atom stereocenters. The molecule has 6 heteroatoms. The Labute approximate surface area is 129 Å². The summed E-state index contributed by atoms with van der Waals surface area (Å²) in [6.07, 6.45) is 0. The van der Waals surface area contributed by atoms with Crippen molar-refractivity contribution in [2.24, 2.45) is 0 Å². The molecular formula is C15H20N2O3S. The number of thiophene rings is 1. The van der Waals surface area contributed by atoms with E-state index < -0.39 is 0 Å². The van der Waals surface area contributed by atoms with Gasteiger partial charge in [-0.05, 0) is 32.2 Å². The van der Waals surface area contributed by atoms with Crippen LogP contribution in [0.1, 0.15) is 36.0 Å². The Morgan fingerprint density at radius 1 is 1.48 bits per heavy atom. The zero-order valence-corrected chi connectivity index (χ0v) is 13.3. The Balaban J connectivity index is 2.84. The highest BCUT2D eigenvalue weighted by atomic mass is 32.1. The lowest BCUT2D eigenvalue weighted by Crippen LogP contribution is -2.42. The van der Waals surface area contributed by atoms with Crippen LogP contribution in [0.15, 0.2) is 11.4 Å². The second-order valence-electron chi connectivity index (χ2n) is 4.66. The van der Waals surface area contributed by atoms with Crippen LogP contribution in [0.5, 0.6) is 0 Å². The van der Waals surface area contributed by atoms with Gasteiger partial charge in [0.15, 0.2) is 0 Å². The zero-order chi connectivity index (χ0) is 15.8. The van der Waals surface area contributed by atoms with E-state index in [4.69, 9.17) is 5.11 Å². The van der Waals surface area contributed by atoms with E-state index >= 15 is 0 Å². The first-order valence-corrected chi connectivity index (χ1v) is 7.63. The molecule has 114 valence electrons. The Morgan fingerprint density at radius 2 is 2.19 bits per heavy atom. The number of aliphatic hydroxyl groups is 1. The van der Waals surface area contributed by atoms with E-state index in [9.17, 15) is 9.59 Å². The summed E-state index contributed by atoms with van der Waals surface area (Å²) in [4.78, 5) is 26.2. The third-order valence-electron chi connectivity index (χ3n) is 2.61. The molecule has 5 nitrogen and oxygen atoms in total. The van der Waals surface area contributed by atoms with Gasteiger partial charge in [-0.1, -0.05) is 11.8 Å². The average Bonchev–Trinajstić information content (AvgIpc) is 2.89. The molecular weight excluding hydrogens is 288 g/mol. The van der Waals surface area contributed by atoms with Crippen LogP contribution in [0.2, 0.25) is 0 Å². The second kappa shape index (κ2) is 8.45. The van der Waals surface area contributed by atoms with Crippen molar-refractivity contribution < 1.29 is 14.7 Å². The van der Waals surface area contributed by atoms with Gasteiger partial charge in [0.05, 0.1) is 6.54 Å². The lowest BCUT2D eigenvalue weighted by Gasteiger charge is -2.20. The number of nitrogens with zero attached hydrogens (tertiary/aromatic N) is 1. The predicted octanol–water partition coefficient (Wildman–Crippen LogP) is 1.08. The Morgan fingerprint density at radius 3 is 2.76 bits per heavy atom. The van der Waals surface area contributed by atoms with Gasteiger partial charge in [0.25, 0.3) is 5.91 Å². The van der Waals surface area contributed by atoms with E-state index in [0.717, 1.165) is 0 Å². The number of hydrogen-bond donors (Lipinski definition) is 2. The molecule has 0 saturated heterocycles. The van der Waals surface area contributed by atoms with E-state index in [0.29, 0.717) is 17.0 Å². The number of carbonyl (C=O) groups is 2. The summed E-state index contributed by atoms with van der Waals surface area (Å²) in [7, 11) is 0. The van der Waals surface area contributed by atoms with Gasteiger partial charge in [-0.3, -0.25) is 9.59 Å². The van der Waals surface area contributed by atoms with Crippen LogP contribution >= 0.6 is 11.3 Å². The fourth-order valence-corrected chi connectivity index (χ4v) is 2.54. The summed E-state index contributed by atoms with van der Waals surface area (Å²) >= 11 is 1.29. The molecule has 0 fully saturated rings. The molecule has 0 aromatic carbocycles. The van der Waals surface area contributed by atoms with E-state index in [1.807, 2.05) is 20.8 Å². The molecule has 2 N–H and O–H groups in total. The number of hydrogen-bond acceptors (Lipinski definition) is 4. The lowest BCUT2D eigenvalue weighted by atomic mass is 10.2. The predicted molar refractivity (Wildman–Crippen MR) is 83.1 cm³/mol. The molecule has 1 aromatic rings. The molecule has 0 aliphatic rings. The molecule has 1 rings (SSSR count). The van der Waals surface area contributed by atoms with Crippen molar-refractivity contribution in [3.8, 4) is 11.8 Å². The fraction of sp³-hybridized carbons (Fsp3) is 0.467. The molecule has 0 spiro atoms. The van der Waals surface area contributed by atoms with Gasteiger partial charge >= 0.3 is 0 Å². The fourth-order valence-electron chi connectivity index (χ4n) is 1.72. The van der Waals surface area contributed by atoms with Crippen molar-refractivity contribution >= 4 is 23.2 Å². The first-order chi connectivity index (χ1) is 9.99. The van der Waals surface area contributed by atoms with Crippen LogP contribution in [0.4, 0.5) is 0 Å². The molecule has 1 aromatic heterocycles. The van der Waals surface area contributed by atoms with Crippen molar-refractivity contribution in [2.75, 3.05) is 19.7 Å². The topological polar surface area (TPSA) is 69.6 Å². The first kappa shape index (κ1) is 17.2. The second-order valence-corrected chi connectivity index (χ2v) is 5.58. The molecule has 0 aliphatic carbocycles. The highest BCUT2D eigenvalue weighted by Crippen LogP contribution is 2.18. The first-order valence-electron chi connectivity index (χ1n) is 6.75. The van der Waals surface area contributed by atoms with Gasteiger partial charge in [0.2, 0.25) is 5.91 Å². The molecule has 21 heavy (non-hydrogen) atoms. The zero-order valence-electron chi connectivity index (χ0n) is 12.5. The maximum atomic E-state index is 12.5. The summed E-state index contributed by atoms with van der Waals surface area (Å²) < 4.78 is 0. The van der Waals surface area contributed by atoms with Gasteiger partial charge in [-0.25, -0.2) is 0 Å². The SMILES string of the molecule is CCN(CC(=O)NC(C)C)C(=O)c1sccc1C#CCO. The number of rotatable bonds is 5. The minimum absolute atomic E-state index is 0.0261. The minimum atomic E-state index is -0.252. The Kier molecular flexibility index (Phi) is 6.92. The quantitative estimate of drug-likeness (QED) is 0.800. The molecule has 0 saturated carbocycles. The largest absolute Gasteiger partial charge is 0.384 e. The van der Waals surface area contributed by atoms with Gasteiger partial charge in [0, 0.05) is 18.2 Å². The number of likely N-dealkylation sites (N-methyl/N-ethyl adjacent to an activating group) is 1. The van der Waals surface area contributed by atoms with E-state index in [2.05, 4.69) is 17.2 Å². The van der Waals surface area contributed by atoms with Crippen LogP contribution in [0, 0.1) is 11.8 Å². The van der Waals surface area contributed by atoms with E-state index in [1.54, 1.807) is 11.4 Å². The van der Waals surface area contributed by atoms with Crippen molar-refractivity contribution in [1.82, 2.24) is 10.2 Å². The van der Waals surface area contributed by atoms with Gasteiger partial charge in [-0.15, -0.1) is 11.3 Å². The number of amides is 2. The van der Waals surface area contributed by atoms with Gasteiger partial charge in [-0.2, -0.15) is 0 Å². The van der Waals surface area contributed by atoms with Crippen LogP contribution in [-0.4, -0.2) is 47.6 Å². The number of nitrogens with one attached hydrogen (secondary N) is 1. The molecule has 0 bridgehead atoms. The van der Waals surface area contributed by atoms with E-state index in [1.165, 1.54) is 16.2 Å². The van der Waals surface area contributed by atoms with Crippen molar-refractivity contribution in [2.45, 2.75) is 26.8 Å². The molecule has 0 aliphatic heterocycles. The van der Waals surface area contributed by atoms with Crippen LogP contribution in [-0.2, 0) is 4.79 Å². The van der Waals surface area contributed by atoms with E-state index in [-0.39, 0.29) is 31.0 Å². The minimum Gasteiger partial charge on any atom is -0.384 e. The summed E-state index contributed by atoms with van der Waals surface area (Å²) in [5.74, 6) is 4.89. The summed E-state index contributed by atoms with van der Waals surface area (Å²) in [5.41, 5.74) is 0.585. The smallest absolute Gasteiger partial charge is 0.265 e. The van der Waals surface area contributed by atoms with Crippen LogP contribution < -0.4 is 5.32 Å². The number of aliphatic hydroxyl groups excluding tert-OH is 1. The van der Waals surface area contributed by atoms with Gasteiger partial charge < -0.3 is 15.3 Å². The Bertz CT molecular complexity index is 555. The summed E-state index contributed by atoms with van der Waals surface area (Å²) in [6, 6.07) is 1.78.